The third-order valence-corrected chi connectivity index (χ3v) is 4.66. The standard InChI is InChI=1S/C11H11ClF3NO4S/c1-16(6-10(17)20-2)21(18,19)7-3-4-9(12)8(5-7)11(13,14)15/h3-5H,6H2,1-2H3. The smallest absolute Gasteiger partial charge is 0.417 e. The first kappa shape index (κ1) is 17.7. The summed E-state index contributed by atoms with van der Waals surface area (Å²) in [5.41, 5.74) is -1.27. The number of esters is 1. The van der Waals surface area contributed by atoms with E-state index in [0.29, 0.717) is 10.4 Å². The van der Waals surface area contributed by atoms with Gasteiger partial charge in [0.25, 0.3) is 0 Å². The van der Waals surface area contributed by atoms with Crippen molar-refractivity contribution in [2.24, 2.45) is 0 Å². The van der Waals surface area contributed by atoms with Crippen LogP contribution >= 0.6 is 11.6 Å². The Balaban J connectivity index is 3.24. The first-order valence-electron chi connectivity index (χ1n) is 5.40. The van der Waals surface area contributed by atoms with Crippen LogP contribution in [0.15, 0.2) is 23.1 Å². The van der Waals surface area contributed by atoms with Gasteiger partial charge in [0.2, 0.25) is 10.0 Å². The SMILES string of the molecule is COC(=O)CN(C)S(=O)(=O)c1ccc(Cl)c(C(F)(F)F)c1. The van der Waals surface area contributed by atoms with Gasteiger partial charge >= 0.3 is 12.1 Å². The number of methoxy groups -OCH3 is 1. The topological polar surface area (TPSA) is 63.7 Å². The van der Waals surface area contributed by atoms with E-state index in [1.807, 2.05) is 0 Å². The first-order valence-corrected chi connectivity index (χ1v) is 7.22. The van der Waals surface area contributed by atoms with Crippen LogP contribution in [0.5, 0.6) is 0 Å². The molecule has 0 saturated heterocycles. The fourth-order valence-corrected chi connectivity index (χ4v) is 2.76. The average Bonchev–Trinajstić information content (AvgIpc) is 2.37. The maximum absolute atomic E-state index is 12.7. The second-order valence-electron chi connectivity index (χ2n) is 3.98. The molecule has 0 aliphatic carbocycles. The minimum Gasteiger partial charge on any atom is -0.468 e. The van der Waals surface area contributed by atoms with E-state index in [2.05, 4.69) is 4.74 Å². The van der Waals surface area contributed by atoms with Crippen LogP contribution in [0.1, 0.15) is 5.56 Å². The van der Waals surface area contributed by atoms with Crippen LogP contribution in [0, 0.1) is 0 Å². The zero-order valence-electron chi connectivity index (χ0n) is 10.9. The quantitative estimate of drug-likeness (QED) is 0.784. The minimum atomic E-state index is -4.79. The normalized spacial score (nSPS) is 12.5. The predicted octanol–water partition coefficient (Wildman–Crippen LogP) is 2.15. The molecule has 0 radical (unpaired) electrons. The van der Waals surface area contributed by atoms with Gasteiger partial charge in [-0.2, -0.15) is 17.5 Å². The molecule has 1 rings (SSSR count). The molecule has 5 nitrogen and oxygen atoms in total. The Morgan fingerprint density at radius 1 is 1.38 bits per heavy atom. The van der Waals surface area contributed by atoms with E-state index in [9.17, 15) is 26.4 Å². The lowest BCUT2D eigenvalue weighted by atomic mass is 10.2. The number of rotatable bonds is 4. The van der Waals surface area contributed by atoms with E-state index in [1.54, 1.807) is 0 Å². The minimum absolute atomic E-state index is 0.422. The maximum atomic E-state index is 12.7. The van der Waals surface area contributed by atoms with Crippen molar-refractivity contribution in [3.63, 3.8) is 0 Å². The molecule has 1 aromatic rings. The summed E-state index contributed by atoms with van der Waals surface area (Å²) in [5.74, 6) is -0.842. The Labute approximate surface area is 124 Å². The summed E-state index contributed by atoms with van der Waals surface area (Å²) in [7, 11) is -2.16. The summed E-state index contributed by atoms with van der Waals surface area (Å²) in [4.78, 5) is 10.4. The summed E-state index contributed by atoms with van der Waals surface area (Å²) in [5, 5.41) is -0.614. The fourth-order valence-electron chi connectivity index (χ4n) is 1.39. The van der Waals surface area contributed by atoms with Crippen molar-refractivity contribution in [3.8, 4) is 0 Å². The van der Waals surface area contributed by atoms with Gasteiger partial charge in [0.1, 0.15) is 6.54 Å². The number of likely N-dealkylation sites (N-methyl/N-ethyl adjacent to an activating group) is 1. The molecule has 0 aromatic heterocycles. The molecule has 0 fully saturated rings. The largest absolute Gasteiger partial charge is 0.468 e. The third-order valence-electron chi connectivity index (χ3n) is 2.53. The van der Waals surface area contributed by atoms with Crippen LogP contribution in [0.25, 0.3) is 0 Å². The number of hydrogen-bond acceptors (Lipinski definition) is 4. The average molecular weight is 346 g/mol. The van der Waals surface area contributed by atoms with Crippen molar-refractivity contribution >= 4 is 27.6 Å². The Hall–Kier alpha value is -1.32. The van der Waals surface area contributed by atoms with Crippen molar-refractivity contribution in [3.05, 3.63) is 28.8 Å². The van der Waals surface area contributed by atoms with Crippen molar-refractivity contribution in [2.45, 2.75) is 11.1 Å². The van der Waals surface area contributed by atoms with Crippen molar-refractivity contribution in [2.75, 3.05) is 20.7 Å². The highest BCUT2D eigenvalue weighted by atomic mass is 35.5. The Bertz CT molecular complexity index is 645. The number of ether oxygens (including phenoxy) is 1. The highest BCUT2D eigenvalue weighted by molar-refractivity contribution is 7.89. The molecule has 118 valence electrons. The van der Waals surface area contributed by atoms with Gasteiger partial charge in [-0.15, -0.1) is 0 Å². The molecule has 1 aromatic carbocycles. The number of nitrogens with zero attached hydrogens (tertiary/aromatic N) is 1. The highest BCUT2D eigenvalue weighted by Gasteiger charge is 2.35. The van der Waals surface area contributed by atoms with Crippen LogP contribution in [0.2, 0.25) is 5.02 Å². The van der Waals surface area contributed by atoms with E-state index in [4.69, 9.17) is 11.6 Å². The molecule has 0 amide bonds. The van der Waals surface area contributed by atoms with Gasteiger partial charge in [-0.1, -0.05) is 11.6 Å². The van der Waals surface area contributed by atoms with Gasteiger partial charge in [0, 0.05) is 7.05 Å². The number of sulfonamides is 1. The maximum Gasteiger partial charge on any atom is 0.417 e. The number of hydrogen-bond donors (Lipinski definition) is 0. The van der Waals surface area contributed by atoms with E-state index in [1.165, 1.54) is 0 Å². The predicted molar refractivity (Wildman–Crippen MR) is 68.3 cm³/mol. The fraction of sp³-hybridized carbons (Fsp3) is 0.364. The molecule has 0 atom stereocenters. The molecule has 10 heteroatoms. The lowest BCUT2D eigenvalue weighted by Gasteiger charge is -2.17. The molecule has 0 N–H and O–H groups in total. The van der Waals surface area contributed by atoms with Gasteiger partial charge < -0.3 is 4.74 Å². The second-order valence-corrected chi connectivity index (χ2v) is 6.43. The van der Waals surface area contributed by atoms with Gasteiger partial charge in [0.15, 0.2) is 0 Å². The van der Waals surface area contributed by atoms with E-state index in [0.717, 1.165) is 26.3 Å². The van der Waals surface area contributed by atoms with Crippen molar-refractivity contribution < 1.29 is 31.1 Å². The highest BCUT2D eigenvalue weighted by Crippen LogP contribution is 2.36. The number of carbonyl (C=O) groups is 1. The molecule has 0 bridgehead atoms. The van der Waals surface area contributed by atoms with E-state index in [-0.39, 0.29) is 0 Å². The molecular weight excluding hydrogens is 335 g/mol. The van der Waals surface area contributed by atoms with Gasteiger partial charge in [-0.25, -0.2) is 8.42 Å². The lowest BCUT2D eigenvalue weighted by Crippen LogP contribution is -2.32. The monoisotopic (exact) mass is 345 g/mol. The second kappa shape index (κ2) is 6.20. The van der Waals surface area contributed by atoms with Crippen molar-refractivity contribution in [1.29, 1.82) is 0 Å². The van der Waals surface area contributed by atoms with E-state index < -0.39 is 44.2 Å². The van der Waals surface area contributed by atoms with Gasteiger partial charge in [-0.05, 0) is 18.2 Å². The summed E-state index contributed by atoms with van der Waals surface area (Å²) in [6.45, 7) is -0.622. The molecule has 0 heterocycles. The van der Waals surface area contributed by atoms with Gasteiger partial charge in [0.05, 0.1) is 22.6 Å². The molecule has 0 aliphatic heterocycles. The molecule has 21 heavy (non-hydrogen) atoms. The molecule has 0 unspecified atom stereocenters. The van der Waals surface area contributed by atoms with E-state index >= 15 is 0 Å². The molecule has 0 aliphatic rings. The van der Waals surface area contributed by atoms with Crippen molar-refractivity contribution in [1.82, 2.24) is 4.31 Å². The molecule has 0 saturated carbocycles. The summed E-state index contributed by atoms with van der Waals surface area (Å²) >= 11 is 5.41. The Morgan fingerprint density at radius 2 is 1.95 bits per heavy atom. The summed E-state index contributed by atoms with van der Waals surface area (Å²) in [6.07, 6.45) is -4.79. The van der Waals surface area contributed by atoms with Crippen LogP contribution in [-0.2, 0) is 25.7 Å². The number of carbonyl (C=O) groups excluding carboxylic acids is 1. The summed E-state index contributed by atoms with van der Waals surface area (Å²) in [6, 6.07) is 2.19. The molecular formula is C11H11ClF3NO4S. The zero-order chi connectivity index (χ0) is 16.4. The lowest BCUT2D eigenvalue weighted by molar-refractivity contribution is -0.140. The number of alkyl halides is 3. The molecule has 0 spiro atoms. The van der Waals surface area contributed by atoms with Crippen LogP contribution < -0.4 is 0 Å². The number of halogens is 4. The zero-order valence-corrected chi connectivity index (χ0v) is 12.5. The van der Waals surface area contributed by atoms with Crippen LogP contribution in [0.4, 0.5) is 13.2 Å². The Kier molecular flexibility index (Phi) is 5.24. The summed E-state index contributed by atoms with van der Waals surface area (Å²) < 4.78 is 67.2. The van der Waals surface area contributed by atoms with Crippen LogP contribution in [-0.4, -0.2) is 39.4 Å². The number of benzene rings is 1. The Morgan fingerprint density at radius 3 is 2.43 bits per heavy atom. The third kappa shape index (κ3) is 4.08. The van der Waals surface area contributed by atoms with Gasteiger partial charge in [-0.3, -0.25) is 4.79 Å². The first-order chi connectivity index (χ1) is 9.50. The van der Waals surface area contributed by atoms with Crippen LogP contribution in [0.3, 0.4) is 0 Å².